The van der Waals surface area contributed by atoms with E-state index >= 15 is 0 Å². The van der Waals surface area contributed by atoms with Crippen molar-refractivity contribution in [1.82, 2.24) is 4.98 Å². The molecule has 0 saturated carbocycles. The van der Waals surface area contributed by atoms with Crippen molar-refractivity contribution in [2.45, 2.75) is 19.3 Å². The lowest BCUT2D eigenvalue weighted by Gasteiger charge is -1.96. The van der Waals surface area contributed by atoms with Gasteiger partial charge in [0.2, 0.25) is 0 Å². The van der Waals surface area contributed by atoms with Gasteiger partial charge < -0.3 is 0 Å². The Bertz CT molecular complexity index is 186. The SMILES string of the molecule is [O]CCCCc1ccccn1. The smallest absolute Gasteiger partial charge is 0.0822 e. The maximum Gasteiger partial charge on any atom is 0.0822 e. The molecule has 2 heteroatoms. The summed E-state index contributed by atoms with van der Waals surface area (Å²) in [6.45, 7) is 0.0346. The Balaban J connectivity index is 2.28. The van der Waals surface area contributed by atoms with E-state index in [-0.39, 0.29) is 6.61 Å². The summed E-state index contributed by atoms with van der Waals surface area (Å²) in [4.78, 5) is 4.15. The number of hydrogen-bond acceptors (Lipinski definition) is 1. The lowest BCUT2D eigenvalue weighted by atomic mass is 10.2. The van der Waals surface area contributed by atoms with Crippen LogP contribution in [0.3, 0.4) is 0 Å². The van der Waals surface area contributed by atoms with E-state index in [1.165, 1.54) is 0 Å². The van der Waals surface area contributed by atoms with Crippen LogP contribution in [-0.4, -0.2) is 11.6 Å². The highest BCUT2D eigenvalue weighted by atomic mass is 16.2. The Morgan fingerprint density at radius 3 is 2.82 bits per heavy atom. The van der Waals surface area contributed by atoms with Crippen LogP contribution in [0.2, 0.25) is 0 Å². The van der Waals surface area contributed by atoms with Crippen LogP contribution < -0.4 is 0 Å². The molecular formula is C9H12NO. The van der Waals surface area contributed by atoms with E-state index in [0.29, 0.717) is 0 Å². The van der Waals surface area contributed by atoms with Crippen molar-refractivity contribution >= 4 is 0 Å². The summed E-state index contributed by atoms with van der Waals surface area (Å²) in [5.41, 5.74) is 1.08. The first-order chi connectivity index (χ1) is 5.43. The molecule has 0 atom stereocenters. The number of aromatic nitrogens is 1. The molecule has 11 heavy (non-hydrogen) atoms. The van der Waals surface area contributed by atoms with E-state index in [1.54, 1.807) is 6.20 Å². The molecule has 0 unspecified atom stereocenters. The summed E-state index contributed by atoms with van der Waals surface area (Å²) in [5.74, 6) is 0. The zero-order chi connectivity index (χ0) is 7.94. The third-order valence-corrected chi connectivity index (χ3v) is 1.55. The second-order valence-electron chi connectivity index (χ2n) is 2.48. The summed E-state index contributed by atoms with van der Waals surface area (Å²) in [7, 11) is 0. The van der Waals surface area contributed by atoms with Gasteiger partial charge in [0.15, 0.2) is 0 Å². The Morgan fingerprint density at radius 2 is 2.18 bits per heavy atom. The summed E-state index contributed by atoms with van der Waals surface area (Å²) < 4.78 is 0. The van der Waals surface area contributed by atoms with E-state index in [9.17, 15) is 5.11 Å². The highest BCUT2D eigenvalue weighted by Gasteiger charge is 1.91. The van der Waals surface area contributed by atoms with Crippen molar-refractivity contribution in [2.75, 3.05) is 6.61 Å². The summed E-state index contributed by atoms with van der Waals surface area (Å²) in [5, 5.41) is 10.1. The first kappa shape index (κ1) is 8.21. The lowest BCUT2D eigenvalue weighted by Crippen LogP contribution is -1.90. The number of pyridine rings is 1. The standard InChI is InChI=1S/C9H12NO/c11-8-4-2-6-9-5-1-3-7-10-9/h1,3,5,7H,2,4,6,8H2. The van der Waals surface area contributed by atoms with E-state index < -0.39 is 0 Å². The monoisotopic (exact) mass is 150 g/mol. The fraction of sp³-hybridized carbons (Fsp3) is 0.444. The first-order valence-electron chi connectivity index (χ1n) is 3.91. The number of rotatable bonds is 4. The average molecular weight is 150 g/mol. The van der Waals surface area contributed by atoms with Gasteiger partial charge in [-0.25, -0.2) is 5.11 Å². The Kier molecular flexibility index (Phi) is 3.62. The molecule has 0 aliphatic rings. The molecule has 1 aromatic heterocycles. The molecular weight excluding hydrogens is 138 g/mol. The van der Waals surface area contributed by atoms with Gasteiger partial charge in [0.1, 0.15) is 0 Å². The lowest BCUT2D eigenvalue weighted by molar-refractivity contribution is 0.187. The molecule has 59 valence electrons. The van der Waals surface area contributed by atoms with Crippen molar-refractivity contribution in [1.29, 1.82) is 0 Å². The minimum absolute atomic E-state index is 0.0346. The Labute approximate surface area is 66.9 Å². The molecule has 0 saturated heterocycles. The maximum atomic E-state index is 10.1. The van der Waals surface area contributed by atoms with Crippen LogP contribution in [0.4, 0.5) is 0 Å². The predicted molar refractivity (Wildman–Crippen MR) is 42.7 cm³/mol. The second-order valence-corrected chi connectivity index (χ2v) is 2.48. The van der Waals surface area contributed by atoms with Crippen molar-refractivity contribution < 1.29 is 5.11 Å². The molecule has 0 fully saturated rings. The van der Waals surface area contributed by atoms with Crippen LogP contribution >= 0.6 is 0 Å². The maximum absolute atomic E-state index is 10.1. The normalized spacial score (nSPS) is 9.91. The largest absolute Gasteiger partial charge is 0.261 e. The van der Waals surface area contributed by atoms with Gasteiger partial charge in [0.25, 0.3) is 0 Å². The fourth-order valence-electron chi connectivity index (χ4n) is 0.954. The van der Waals surface area contributed by atoms with Gasteiger partial charge in [-0.3, -0.25) is 4.98 Å². The van der Waals surface area contributed by atoms with E-state index in [4.69, 9.17) is 0 Å². The van der Waals surface area contributed by atoms with Crippen LogP contribution in [0, 0.1) is 0 Å². The zero-order valence-electron chi connectivity index (χ0n) is 6.49. The molecule has 0 aromatic carbocycles. The van der Waals surface area contributed by atoms with Gasteiger partial charge in [0, 0.05) is 11.9 Å². The predicted octanol–water partition coefficient (Wildman–Crippen LogP) is 1.83. The van der Waals surface area contributed by atoms with Crippen molar-refractivity contribution in [3.8, 4) is 0 Å². The van der Waals surface area contributed by atoms with Gasteiger partial charge in [-0.1, -0.05) is 6.07 Å². The molecule has 0 amide bonds. The minimum Gasteiger partial charge on any atom is -0.261 e. The number of nitrogens with zero attached hydrogens (tertiary/aromatic N) is 1. The highest BCUT2D eigenvalue weighted by Crippen LogP contribution is 1.99. The van der Waals surface area contributed by atoms with Crippen LogP contribution in [0.15, 0.2) is 24.4 Å². The van der Waals surface area contributed by atoms with Crippen LogP contribution in [0.5, 0.6) is 0 Å². The molecule has 1 rings (SSSR count). The summed E-state index contributed by atoms with van der Waals surface area (Å²) >= 11 is 0. The van der Waals surface area contributed by atoms with Crippen LogP contribution in [0.25, 0.3) is 0 Å². The average Bonchev–Trinajstić information content (AvgIpc) is 2.07. The molecule has 0 aliphatic heterocycles. The summed E-state index contributed by atoms with van der Waals surface area (Å²) in [6, 6.07) is 5.86. The van der Waals surface area contributed by atoms with E-state index in [2.05, 4.69) is 4.98 Å². The Hall–Kier alpha value is -0.890. The third kappa shape index (κ3) is 3.14. The quantitative estimate of drug-likeness (QED) is 0.603. The molecule has 0 N–H and O–H groups in total. The number of unbranched alkanes of at least 4 members (excludes halogenated alkanes) is 1. The topological polar surface area (TPSA) is 32.8 Å². The van der Waals surface area contributed by atoms with Gasteiger partial charge in [0.05, 0.1) is 6.61 Å². The van der Waals surface area contributed by atoms with Crippen LogP contribution in [0.1, 0.15) is 18.5 Å². The first-order valence-corrected chi connectivity index (χ1v) is 3.91. The van der Waals surface area contributed by atoms with E-state index in [1.807, 2.05) is 18.2 Å². The van der Waals surface area contributed by atoms with Crippen molar-refractivity contribution in [3.63, 3.8) is 0 Å². The molecule has 0 bridgehead atoms. The summed E-state index contributed by atoms with van der Waals surface area (Å²) in [6.07, 6.45) is 4.44. The van der Waals surface area contributed by atoms with Crippen molar-refractivity contribution in [3.05, 3.63) is 30.1 Å². The van der Waals surface area contributed by atoms with Gasteiger partial charge in [-0.2, -0.15) is 0 Å². The van der Waals surface area contributed by atoms with Gasteiger partial charge in [-0.15, -0.1) is 0 Å². The molecule has 1 aromatic rings. The third-order valence-electron chi connectivity index (χ3n) is 1.55. The van der Waals surface area contributed by atoms with Gasteiger partial charge >= 0.3 is 0 Å². The second kappa shape index (κ2) is 4.85. The molecule has 1 radical (unpaired) electrons. The van der Waals surface area contributed by atoms with E-state index in [0.717, 1.165) is 25.0 Å². The zero-order valence-corrected chi connectivity index (χ0v) is 6.49. The Morgan fingerprint density at radius 1 is 1.27 bits per heavy atom. The highest BCUT2D eigenvalue weighted by molar-refractivity contribution is 5.03. The molecule has 2 nitrogen and oxygen atoms in total. The molecule has 1 heterocycles. The van der Waals surface area contributed by atoms with Crippen LogP contribution in [-0.2, 0) is 11.5 Å². The minimum atomic E-state index is 0.0346. The van der Waals surface area contributed by atoms with Gasteiger partial charge in [-0.05, 0) is 31.4 Å². The molecule has 0 spiro atoms. The van der Waals surface area contributed by atoms with Crippen molar-refractivity contribution in [2.24, 2.45) is 0 Å². The fourth-order valence-corrected chi connectivity index (χ4v) is 0.954. The molecule has 0 aliphatic carbocycles. The number of aryl methyl sites for hydroxylation is 1. The number of hydrogen-bond donors (Lipinski definition) is 0.